The van der Waals surface area contributed by atoms with Gasteiger partial charge in [-0.05, 0) is 13.8 Å². The summed E-state index contributed by atoms with van der Waals surface area (Å²) in [6.45, 7) is 3.29. The Balaban J connectivity index is 2.60. The van der Waals surface area contributed by atoms with Crippen molar-refractivity contribution in [3.8, 4) is 0 Å². The van der Waals surface area contributed by atoms with Gasteiger partial charge in [0.2, 0.25) is 0 Å². The molecule has 1 rings (SSSR count). The van der Waals surface area contributed by atoms with E-state index in [1.165, 1.54) is 0 Å². The average Bonchev–Trinajstić information content (AvgIpc) is 2.29. The van der Waals surface area contributed by atoms with E-state index in [-0.39, 0.29) is 18.0 Å². The third-order valence-electron chi connectivity index (χ3n) is 2.10. The minimum Gasteiger partial charge on any atom is -0.459 e. The van der Waals surface area contributed by atoms with Gasteiger partial charge in [0.1, 0.15) is 6.10 Å². The number of carbonyl (C=O) groups is 1. The van der Waals surface area contributed by atoms with Crippen LogP contribution in [0.4, 0.5) is 0 Å². The minimum absolute atomic E-state index is 0.148. The minimum atomic E-state index is -0.937. The van der Waals surface area contributed by atoms with Gasteiger partial charge in [-0.1, -0.05) is 0 Å². The molecule has 0 aromatic heterocycles. The van der Waals surface area contributed by atoms with E-state index in [0.29, 0.717) is 12.2 Å². The van der Waals surface area contributed by atoms with E-state index in [1.807, 2.05) is 0 Å². The van der Waals surface area contributed by atoms with Crippen molar-refractivity contribution in [2.45, 2.75) is 32.0 Å². The largest absolute Gasteiger partial charge is 0.459 e. The van der Waals surface area contributed by atoms with Gasteiger partial charge >= 0.3 is 5.97 Å². The van der Waals surface area contributed by atoms with Gasteiger partial charge in [0.05, 0.1) is 11.5 Å². The van der Waals surface area contributed by atoms with Gasteiger partial charge in [0.25, 0.3) is 0 Å². The van der Waals surface area contributed by atoms with Crippen LogP contribution in [0.5, 0.6) is 0 Å². The van der Waals surface area contributed by atoms with Crippen molar-refractivity contribution in [1.29, 1.82) is 0 Å². The Hall–Kier alpha value is -0.220. The molecule has 1 saturated heterocycles. The second-order valence-electron chi connectivity index (χ2n) is 3.69. The van der Waals surface area contributed by atoms with Crippen LogP contribution in [0, 0.1) is 5.92 Å². The van der Waals surface area contributed by atoms with Crippen LogP contribution in [0.15, 0.2) is 0 Å². The van der Waals surface area contributed by atoms with Gasteiger partial charge in [0, 0.05) is 12.2 Å². The van der Waals surface area contributed by atoms with Crippen LogP contribution in [0.1, 0.15) is 20.3 Å². The molecule has 12 heavy (non-hydrogen) atoms. The molecule has 3 nitrogen and oxygen atoms in total. The van der Waals surface area contributed by atoms with E-state index in [9.17, 15) is 9.90 Å². The summed E-state index contributed by atoms with van der Waals surface area (Å²) in [6, 6.07) is 0. The van der Waals surface area contributed by atoms with Crippen molar-refractivity contribution in [1.82, 2.24) is 0 Å². The zero-order chi connectivity index (χ0) is 9.35. The van der Waals surface area contributed by atoms with Crippen LogP contribution in [-0.2, 0) is 9.53 Å². The van der Waals surface area contributed by atoms with Gasteiger partial charge in [-0.2, -0.15) is 12.6 Å². The number of hydrogen-bond donors (Lipinski definition) is 2. The molecule has 0 spiro atoms. The van der Waals surface area contributed by atoms with Crippen LogP contribution < -0.4 is 0 Å². The first-order valence-corrected chi connectivity index (χ1v) is 4.62. The molecule has 0 radical (unpaired) electrons. The third kappa shape index (κ3) is 1.93. The molecular formula is C8H14O3S. The number of rotatable bonds is 2. The summed E-state index contributed by atoms with van der Waals surface area (Å²) in [7, 11) is 0. The standard InChI is InChI=1S/C8H14O3S/c1-8(2,10)6-3-5(4-12)7(9)11-6/h5-6,10,12H,3-4H2,1-2H3/t5-,6+/m1/s1. The summed E-state index contributed by atoms with van der Waals surface area (Å²) < 4.78 is 4.99. The zero-order valence-corrected chi connectivity index (χ0v) is 8.17. The summed E-state index contributed by atoms with van der Waals surface area (Å²) in [6.07, 6.45) is 0.202. The lowest BCUT2D eigenvalue weighted by Crippen LogP contribution is -2.35. The molecule has 1 N–H and O–H groups in total. The first-order valence-electron chi connectivity index (χ1n) is 3.99. The topological polar surface area (TPSA) is 46.5 Å². The molecular weight excluding hydrogens is 176 g/mol. The predicted molar refractivity (Wildman–Crippen MR) is 48.1 cm³/mol. The van der Waals surface area contributed by atoms with Gasteiger partial charge in [0.15, 0.2) is 0 Å². The average molecular weight is 190 g/mol. The number of hydrogen-bond acceptors (Lipinski definition) is 4. The highest BCUT2D eigenvalue weighted by Crippen LogP contribution is 2.29. The lowest BCUT2D eigenvalue weighted by molar-refractivity contribution is -0.151. The van der Waals surface area contributed by atoms with E-state index in [2.05, 4.69) is 12.6 Å². The molecule has 1 heterocycles. The first kappa shape index (κ1) is 9.86. The predicted octanol–water partition coefficient (Wildman–Crippen LogP) is 0.619. The van der Waals surface area contributed by atoms with Crippen LogP contribution in [0.3, 0.4) is 0 Å². The number of ether oxygens (including phenoxy) is 1. The molecule has 0 saturated carbocycles. The van der Waals surface area contributed by atoms with Gasteiger partial charge in [-0.15, -0.1) is 0 Å². The van der Waals surface area contributed by atoms with E-state index in [1.54, 1.807) is 13.8 Å². The van der Waals surface area contributed by atoms with Gasteiger partial charge in [-0.25, -0.2) is 0 Å². The number of esters is 1. The normalized spacial score (nSPS) is 30.5. The Labute approximate surface area is 77.5 Å². The lowest BCUT2D eigenvalue weighted by atomic mass is 9.96. The third-order valence-corrected chi connectivity index (χ3v) is 2.54. The molecule has 1 aliphatic rings. The Bertz CT molecular complexity index is 185. The summed E-state index contributed by atoms with van der Waals surface area (Å²) in [5.41, 5.74) is -0.937. The first-order chi connectivity index (χ1) is 5.45. The highest BCUT2D eigenvalue weighted by Gasteiger charge is 2.41. The number of cyclic esters (lactones) is 1. The van der Waals surface area contributed by atoms with Crippen LogP contribution in [0.25, 0.3) is 0 Å². The van der Waals surface area contributed by atoms with Crippen molar-refractivity contribution in [2.75, 3.05) is 5.75 Å². The smallest absolute Gasteiger partial charge is 0.310 e. The molecule has 0 bridgehead atoms. The molecule has 1 fully saturated rings. The Kier molecular flexibility index (Phi) is 2.68. The molecule has 0 aromatic rings. The Morgan fingerprint density at radius 3 is 2.58 bits per heavy atom. The van der Waals surface area contributed by atoms with Crippen LogP contribution in [0.2, 0.25) is 0 Å². The summed E-state index contributed by atoms with van der Waals surface area (Å²) in [5, 5.41) is 9.55. The summed E-state index contributed by atoms with van der Waals surface area (Å²) in [4.78, 5) is 11.1. The molecule has 1 aliphatic heterocycles. The maximum absolute atomic E-state index is 11.1. The van der Waals surface area contributed by atoms with Crippen molar-refractivity contribution >= 4 is 18.6 Å². The fourth-order valence-corrected chi connectivity index (χ4v) is 1.52. The summed E-state index contributed by atoms with van der Waals surface area (Å²) in [5.74, 6) is 0.104. The van der Waals surface area contributed by atoms with Gasteiger partial charge < -0.3 is 9.84 Å². The van der Waals surface area contributed by atoms with Crippen molar-refractivity contribution in [3.63, 3.8) is 0 Å². The second kappa shape index (κ2) is 3.26. The van der Waals surface area contributed by atoms with E-state index < -0.39 is 5.60 Å². The number of aliphatic hydroxyl groups is 1. The van der Waals surface area contributed by atoms with Crippen LogP contribution in [-0.4, -0.2) is 28.5 Å². The maximum Gasteiger partial charge on any atom is 0.310 e. The fourth-order valence-electron chi connectivity index (χ4n) is 1.22. The Morgan fingerprint density at radius 2 is 2.33 bits per heavy atom. The molecule has 0 amide bonds. The Morgan fingerprint density at radius 1 is 1.75 bits per heavy atom. The number of thiol groups is 1. The highest BCUT2D eigenvalue weighted by atomic mass is 32.1. The maximum atomic E-state index is 11.1. The SMILES string of the molecule is CC(C)(O)[C@@H]1C[C@H](CS)C(=O)O1. The molecule has 0 aromatic carbocycles. The monoisotopic (exact) mass is 190 g/mol. The number of carbonyl (C=O) groups excluding carboxylic acids is 1. The lowest BCUT2D eigenvalue weighted by Gasteiger charge is -2.23. The van der Waals surface area contributed by atoms with Gasteiger partial charge in [-0.3, -0.25) is 4.79 Å². The quantitative estimate of drug-likeness (QED) is 0.495. The molecule has 4 heteroatoms. The summed E-state index contributed by atoms with van der Waals surface area (Å²) >= 11 is 4.03. The molecule has 0 unspecified atom stereocenters. The molecule has 70 valence electrons. The van der Waals surface area contributed by atoms with E-state index in [4.69, 9.17) is 4.74 Å². The second-order valence-corrected chi connectivity index (χ2v) is 4.06. The van der Waals surface area contributed by atoms with Crippen molar-refractivity contribution < 1.29 is 14.6 Å². The zero-order valence-electron chi connectivity index (χ0n) is 7.28. The van der Waals surface area contributed by atoms with Crippen LogP contribution >= 0.6 is 12.6 Å². The highest BCUT2D eigenvalue weighted by molar-refractivity contribution is 7.80. The molecule has 2 atom stereocenters. The van der Waals surface area contributed by atoms with E-state index >= 15 is 0 Å². The van der Waals surface area contributed by atoms with Crippen molar-refractivity contribution in [2.24, 2.45) is 5.92 Å². The molecule has 0 aliphatic carbocycles. The van der Waals surface area contributed by atoms with Crippen molar-refractivity contribution in [3.05, 3.63) is 0 Å². The fraction of sp³-hybridized carbons (Fsp3) is 0.875. The van der Waals surface area contributed by atoms with E-state index in [0.717, 1.165) is 0 Å².